The highest BCUT2D eigenvalue weighted by molar-refractivity contribution is 5.92. The number of amides is 1. The fraction of sp³-hybridized carbons (Fsp3) is 0.188. The largest absolute Gasteiger partial charge is 0.325 e. The number of carbonyl (C=O) groups excluding carboxylic acids is 1. The van der Waals surface area contributed by atoms with Gasteiger partial charge in [0.1, 0.15) is 0 Å². The molecular weight excluding hydrogens is 282 g/mol. The summed E-state index contributed by atoms with van der Waals surface area (Å²) in [5.74, 6) is -0.247. The molecule has 0 saturated heterocycles. The molecule has 0 aliphatic carbocycles. The molecular formula is C16H17N3O3. The number of non-ortho nitro benzene ring substituents is 1. The minimum Gasteiger partial charge on any atom is -0.325 e. The zero-order valence-corrected chi connectivity index (χ0v) is 12.2. The minimum absolute atomic E-state index is 0.0389. The summed E-state index contributed by atoms with van der Waals surface area (Å²) in [5.41, 5.74) is 1.45. The third-order valence-electron chi connectivity index (χ3n) is 3.21. The quantitative estimate of drug-likeness (QED) is 0.634. The normalized spacial score (nSPS) is 11.7. The SMILES string of the molecule is C[C@@H](NCC(=O)Nc1cccc([N+](=O)[O-])c1)c1ccccc1. The van der Waals surface area contributed by atoms with Gasteiger partial charge in [-0.25, -0.2) is 0 Å². The lowest BCUT2D eigenvalue weighted by Crippen LogP contribution is -2.30. The monoisotopic (exact) mass is 299 g/mol. The van der Waals surface area contributed by atoms with Crippen LogP contribution in [0.3, 0.4) is 0 Å². The van der Waals surface area contributed by atoms with E-state index in [2.05, 4.69) is 10.6 Å². The highest BCUT2D eigenvalue weighted by Crippen LogP contribution is 2.17. The number of hydrogen-bond acceptors (Lipinski definition) is 4. The number of anilines is 1. The van der Waals surface area contributed by atoms with Crippen LogP contribution < -0.4 is 10.6 Å². The third kappa shape index (κ3) is 4.39. The summed E-state index contributed by atoms with van der Waals surface area (Å²) in [7, 11) is 0. The van der Waals surface area contributed by atoms with Crippen LogP contribution in [-0.2, 0) is 4.79 Å². The van der Waals surface area contributed by atoms with Gasteiger partial charge in [-0.3, -0.25) is 14.9 Å². The molecule has 2 aromatic rings. The van der Waals surface area contributed by atoms with Crippen molar-refractivity contribution in [2.75, 3.05) is 11.9 Å². The molecule has 2 aromatic carbocycles. The Morgan fingerprint density at radius 3 is 2.59 bits per heavy atom. The topological polar surface area (TPSA) is 84.3 Å². The van der Waals surface area contributed by atoms with Crippen LogP contribution >= 0.6 is 0 Å². The molecule has 6 nitrogen and oxygen atoms in total. The number of rotatable bonds is 6. The molecule has 0 bridgehead atoms. The number of nitro groups is 1. The van der Waals surface area contributed by atoms with E-state index in [1.165, 1.54) is 18.2 Å². The van der Waals surface area contributed by atoms with Crippen LogP contribution in [0.1, 0.15) is 18.5 Å². The Kier molecular flexibility index (Phi) is 5.21. The van der Waals surface area contributed by atoms with E-state index in [-0.39, 0.29) is 24.2 Å². The molecule has 0 unspecified atom stereocenters. The highest BCUT2D eigenvalue weighted by atomic mass is 16.6. The molecule has 114 valence electrons. The second kappa shape index (κ2) is 7.33. The first-order valence-corrected chi connectivity index (χ1v) is 6.89. The van der Waals surface area contributed by atoms with Crippen LogP contribution in [-0.4, -0.2) is 17.4 Å². The number of benzene rings is 2. The Morgan fingerprint density at radius 2 is 1.91 bits per heavy atom. The molecule has 1 amide bonds. The summed E-state index contributed by atoms with van der Waals surface area (Å²) in [4.78, 5) is 22.1. The molecule has 1 atom stereocenters. The average Bonchev–Trinajstić information content (AvgIpc) is 2.53. The molecule has 0 heterocycles. The van der Waals surface area contributed by atoms with E-state index in [0.29, 0.717) is 5.69 Å². The molecule has 0 spiro atoms. The van der Waals surface area contributed by atoms with E-state index in [1.807, 2.05) is 37.3 Å². The summed E-state index contributed by atoms with van der Waals surface area (Å²) in [5, 5.41) is 16.4. The molecule has 2 rings (SSSR count). The third-order valence-corrected chi connectivity index (χ3v) is 3.21. The van der Waals surface area contributed by atoms with Gasteiger partial charge in [0.2, 0.25) is 5.91 Å². The predicted octanol–water partition coefficient (Wildman–Crippen LogP) is 2.88. The standard InChI is InChI=1S/C16H17N3O3/c1-12(13-6-3-2-4-7-13)17-11-16(20)18-14-8-5-9-15(10-14)19(21)22/h2-10,12,17H,11H2,1H3,(H,18,20)/t12-/m1/s1. The Balaban J connectivity index is 1.88. The number of nitrogens with zero attached hydrogens (tertiary/aromatic N) is 1. The van der Waals surface area contributed by atoms with Crippen LogP contribution in [0.2, 0.25) is 0 Å². The summed E-state index contributed by atoms with van der Waals surface area (Å²) in [6.07, 6.45) is 0. The Morgan fingerprint density at radius 1 is 1.18 bits per heavy atom. The number of carbonyl (C=O) groups is 1. The van der Waals surface area contributed by atoms with Crippen molar-refractivity contribution in [2.24, 2.45) is 0 Å². The predicted molar refractivity (Wildman–Crippen MR) is 84.6 cm³/mol. The first-order chi connectivity index (χ1) is 10.6. The smallest absolute Gasteiger partial charge is 0.271 e. The van der Waals surface area contributed by atoms with Gasteiger partial charge in [-0.2, -0.15) is 0 Å². The van der Waals surface area contributed by atoms with E-state index in [0.717, 1.165) is 5.56 Å². The fourth-order valence-electron chi connectivity index (χ4n) is 2.01. The summed E-state index contributed by atoms with van der Waals surface area (Å²) >= 11 is 0. The second-order valence-electron chi connectivity index (χ2n) is 4.87. The van der Waals surface area contributed by atoms with Gasteiger partial charge in [0.25, 0.3) is 5.69 Å². The molecule has 0 radical (unpaired) electrons. The molecule has 0 fully saturated rings. The first-order valence-electron chi connectivity index (χ1n) is 6.89. The minimum atomic E-state index is -0.495. The number of nitrogens with one attached hydrogen (secondary N) is 2. The van der Waals surface area contributed by atoms with E-state index in [4.69, 9.17) is 0 Å². The van der Waals surface area contributed by atoms with Crippen molar-refractivity contribution in [3.05, 3.63) is 70.3 Å². The molecule has 0 aliphatic heterocycles. The lowest BCUT2D eigenvalue weighted by molar-refractivity contribution is -0.384. The number of hydrogen-bond donors (Lipinski definition) is 2. The zero-order chi connectivity index (χ0) is 15.9. The molecule has 6 heteroatoms. The van der Waals surface area contributed by atoms with Crippen LogP contribution in [0.25, 0.3) is 0 Å². The van der Waals surface area contributed by atoms with Crippen molar-refractivity contribution in [3.8, 4) is 0 Å². The first kappa shape index (κ1) is 15.7. The maximum atomic E-state index is 11.9. The van der Waals surface area contributed by atoms with Gasteiger partial charge in [-0.05, 0) is 18.6 Å². The summed E-state index contributed by atoms with van der Waals surface area (Å²) in [6, 6.07) is 15.7. The Hall–Kier alpha value is -2.73. The van der Waals surface area contributed by atoms with Crippen LogP contribution in [0, 0.1) is 10.1 Å². The van der Waals surface area contributed by atoms with Gasteiger partial charge in [0.15, 0.2) is 0 Å². The van der Waals surface area contributed by atoms with E-state index >= 15 is 0 Å². The van der Waals surface area contributed by atoms with Gasteiger partial charge >= 0.3 is 0 Å². The van der Waals surface area contributed by atoms with Gasteiger partial charge in [0, 0.05) is 23.9 Å². The van der Waals surface area contributed by atoms with Gasteiger partial charge < -0.3 is 10.6 Å². The van der Waals surface area contributed by atoms with Crippen LogP contribution in [0.4, 0.5) is 11.4 Å². The molecule has 0 aliphatic rings. The maximum absolute atomic E-state index is 11.9. The lowest BCUT2D eigenvalue weighted by Gasteiger charge is -2.14. The Bertz CT molecular complexity index is 659. The fourth-order valence-corrected chi connectivity index (χ4v) is 2.01. The number of nitro benzene ring substituents is 1. The molecule has 2 N–H and O–H groups in total. The van der Waals surface area contributed by atoms with Crippen LogP contribution in [0.5, 0.6) is 0 Å². The summed E-state index contributed by atoms with van der Waals surface area (Å²) in [6.45, 7) is 2.09. The molecule has 0 aromatic heterocycles. The van der Waals surface area contributed by atoms with E-state index in [9.17, 15) is 14.9 Å². The van der Waals surface area contributed by atoms with Crippen molar-refractivity contribution >= 4 is 17.3 Å². The maximum Gasteiger partial charge on any atom is 0.271 e. The Labute approximate surface area is 128 Å². The van der Waals surface area contributed by atoms with Gasteiger partial charge in [0.05, 0.1) is 11.5 Å². The highest BCUT2D eigenvalue weighted by Gasteiger charge is 2.10. The van der Waals surface area contributed by atoms with Crippen molar-refractivity contribution in [3.63, 3.8) is 0 Å². The van der Waals surface area contributed by atoms with E-state index < -0.39 is 4.92 Å². The zero-order valence-electron chi connectivity index (χ0n) is 12.2. The molecule has 22 heavy (non-hydrogen) atoms. The molecule has 0 saturated carbocycles. The average molecular weight is 299 g/mol. The second-order valence-corrected chi connectivity index (χ2v) is 4.87. The van der Waals surface area contributed by atoms with Crippen molar-refractivity contribution in [1.29, 1.82) is 0 Å². The van der Waals surface area contributed by atoms with E-state index in [1.54, 1.807) is 6.07 Å². The van der Waals surface area contributed by atoms with Gasteiger partial charge in [-0.1, -0.05) is 36.4 Å². The van der Waals surface area contributed by atoms with Crippen molar-refractivity contribution in [1.82, 2.24) is 5.32 Å². The van der Waals surface area contributed by atoms with Crippen molar-refractivity contribution < 1.29 is 9.72 Å². The summed E-state index contributed by atoms with van der Waals surface area (Å²) < 4.78 is 0. The lowest BCUT2D eigenvalue weighted by atomic mass is 10.1. The van der Waals surface area contributed by atoms with Crippen LogP contribution in [0.15, 0.2) is 54.6 Å². The van der Waals surface area contributed by atoms with Gasteiger partial charge in [-0.15, -0.1) is 0 Å². The van der Waals surface area contributed by atoms with Crippen molar-refractivity contribution in [2.45, 2.75) is 13.0 Å².